The van der Waals surface area contributed by atoms with Crippen LogP contribution in [0.25, 0.3) is 6.08 Å². The summed E-state index contributed by atoms with van der Waals surface area (Å²) >= 11 is 6.34. The van der Waals surface area contributed by atoms with Crippen molar-refractivity contribution in [2.45, 2.75) is 20.3 Å². The predicted octanol–water partition coefficient (Wildman–Crippen LogP) is 3.16. The summed E-state index contributed by atoms with van der Waals surface area (Å²) in [6, 6.07) is 5.43. The number of amides is 1. The number of aliphatic carboxylic acids is 1. The van der Waals surface area contributed by atoms with Gasteiger partial charge in [-0.05, 0) is 37.6 Å². The number of thioether (sulfide) groups is 1. The third kappa shape index (κ3) is 4.96. The Morgan fingerprint density at radius 3 is 2.60 bits per heavy atom. The van der Waals surface area contributed by atoms with Gasteiger partial charge in [0.15, 0.2) is 11.5 Å². The fraction of sp³-hybridized carbons (Fsp3) is 0.353. The van der Waals surface area contributed by atoms with Gasteiger partial charge >= 0.3 is 5.97 Å². The third-order valence-corrected chi connectivity index (χ3v) is 4.67. The standard InChI is InChI=1S/C17H19NO5S2/c1-3-22-12-6-5-11(9-13(12)23-4-2)10-14-16(21)18(17(24)25-14)8-7-15(19)20/h5-6,9-10H,3-4,7-8H2,1-2H3,(H,19,20)/b14-10+. The molecule has 0 aliphatic carbocycles. The SMILES string of the molecule is CCOc1ccc(/C=C2/SC(=S)N(CCC(=O)O)C2=O)cc1OCC. The minimum atomic E-state index is -0.967. The summed E-state index contributed by atoms with van der Waals surface area (Å²) in [5.41, 5.74) is 0.783. The Kier molecular flexibility index (Phi) is 6.83. The van der Waals surface area contributed by atoms with E-state index in [-0.39, 0.29) is 18.9 Å². The molecule has 1 aromatic rings. The van der Waals surface area contributed by atoms with Gasteiger partial charge in [0.25, 0.3) is 5.91 Å². The lowest BCUT2D eigenvalue weighted by Gasteiger charge is -2.12. The van der Waals surface area contributed by atoms with Crippen LogP contribution in [0.3, 0.4) is 0 Å². The number of hydrogen-bond acceptors (Lipinski definition) is 6. The number of carbonyl (C=O) groups is 2. The van der Waals surface area contributed by atoms with Gasteiger partial charge in [0.05, 0.1) is 24.5 Å². The maximum absolute atomic E-state index is 12.4. The minimum absolute atomic E-state index is 0.0742. The number of nitrogens with zero attached hydrogens (tertiary/aromatic N) is 1. The van der Waals surface area contributed by atoms with Gasteiger partial charge in [0.2, 0.25) is 0 Å². The van der Waals surface area contributed by atoms with E-state index < -0.39 is 5.97 Å². The molecule has 1 fully saturated rings. The van der Waals surface area contributed by atoms with Crippen molar-refractivity contribution in [2.24, 2.45) is 0 Å². The molecule has 134 valence electrons. The second kappa shape index (κ2) is 8.87. The lowest BCUT2D eigenvalue weighted by Crippen LogP contribution is -2.30. The first-order chi connectivity index (χ1) is 12.0. The molecule has 1 saturated heterocycles. The van der Waals surface area contributed by atoms with Gasteiger partial charge < -0.3 is 14.6 Å². The molecule has 1 N–H and O–H groups in total. The van der Waals surface area contributed by atoms with E-state index in [1.165, 1.54) is 16.7 Å². The summed E-state index contributed by atoms with van der Waals surface area (Å²) in [7, 11) is 0. The van der Waals surface area contributed by atoms with Gasteiger partial charge in [-0.15, -0.1) is 0 Å². The molecule has 0 atom stereocenters. The lowest BCUT2D eigenvalue weighted by molar-refractivity contribution is -0.137. The van der Waals surface area contributed by atoms with Crippen molar-refractivity contribution >= 4 is 46.3 Å². The summed E-state index contributed by atoms with van der Waals surface area (Å²) < 4.78 is 11.5. The van der Waals surface area contributed by atoms with Gasteiger partial charge in [0.1, 0.15) is 4.32 Å². The van der Waals surface area contributed by atoms with Crippen molar-refractivity contribution < 1.29 is 24.2 Å². The zero-order chi connectivity index (χ0) is 18.4. The molecule has 1 aliphatic rings. The molecule has 1 heterocycles. The fourth-order valence-electron chi connectivity index (χ4n) is 2.21. The Hall–Kier alpha value is -2.06. The number of thiocarbonyl (C=S) groups is 1. The van der Waals surface area contributed by atoms with Crippen molar-refractivity contribution in [3.05, 3.63) is 28.7 Å². The molecule has 8 heteroatoms. The van der Waals surface area contributed by atoms with Crippen molar-refractivity contribution in [2.75, 3.05) is 19.8 Å². The number of carbonyl (C=O) groups excluding carboxylic acids is 1. The summed E-state index contributed by atoms with van der Waals surface area (Å²) in [6.07, 6.45) is 1.58. The Labute approximate surface area is 155 Å². The normalized spacial score (nSPS) is 15.8. The maximum atomic E-state index is 12.4. The van der Waals surface area contributed by atoms with Crippen LogP contribution in [0, 0.1) is 0 Å². The molecule has 1 amide bonds. The van der Waals surface area contributed by atoms with Crippen LogP contribution in [0.15, 0.2) is 23.1 Å². The first-order valence-electron chi connectivity index (χ1n) is 7.83. The summed E-state index contributed by atoms with van der Waals surface area (Å²) in [5, 5.41) is 8.77. The highest BCUT2D eigenvalue weighted by molar-refractivity contribution is 8.26. The lowest BCUT2D eigenvalue weighted by atomic mass is 10.2. The number of carboxylic acids is 1. The fourth-order valence-corrected chi connectivity index (χ4v) is 3.52. The quantitative estimate of drug-likeness (QED) is 0.547. The van der Waals surface area contributed by atoms with Crippen molar-refractivity contribution in [3.8, 4) is 11.5 Å². The molecular formula is C17H19NO5S2. The summed E-state index contributed by atoms with van der Waals surface area (Å²) in [5.74, 6) is 0.0176. The van der Waals surface area contributed by atoms with Crippen LogP contribution < -0.4 is 9.47 Å². The average molecular weight is 381 g/mol. The zero-order valence-electron chi connectivity index (χ0n) is 14.0. The summed E-state index contributed by atoms with van der Waals surface area (Å²) in [4.78, 5) is 24.9. The third-order valence-electron chi connectivity index (χ3n) is 3.29. The van der Waals surface area contributed by atoms with E-state index in [2.05, 4.69) is 0 Å². The monoisotopic (exact) mass is 381 g/mol. The van der Waals surface area contributed by atoms with Crippen LogP contribution >= 0.6 is 24.0 Å². The molecule has 0 unspecified atom stereocenters. The number of hydrogen-bond donors (Lipinski definition) is 1. The van der Waals surface area contributed by atoms with E-state index in [9.17, 15) is 9.59 Å². The minimum Gasteiger partial charge on any atom is -0.490 e. The molecule has 0 radical (unpaired) electrons. The van der Waals surface area contributed by atoms with Crippen LogP contribution in [0.4, 0.5) is 0 Å². The molecule has 0 saturated carbocycles. The van der Waals surface area contributed by atoms with Gasteiger partial charge in [-0.2, -0.15) is 0 Å². The van der Waals surface area contributed by atoms with Crippen molar-refractivity contribution in [1.82, 2.24) is 4.90 Å². The highest BCUT2D eigenvalue weighted by Gasteiger charge is 2.32. The van der Waals surface area contributed by atoms with E-state index in [4.69, 9.17) is 26.8 Å². The van der Waals surface area contributed by atoms with Gasteiger partial charge in [-0.3, -0.25) is 14.5 Å². The highest BCUT2D eigenvalue weighted by atomic mass is 32.2. The zero-order valence-corrected chi connectivity index (χ0v) is 15.6. The van der Waals surface area contributed by atoms with Crippen molar-refractivity contribution in [3.63, 3.8) is 0 Å². The molecule has 25 heavy (non-hydrogen) atoms. The van der Waals surface area contributed by atoms with E-state index in [0.29, 0.717) is 33.9 Å². The molecule has 1 aromatic carbocycles. The van der Waals surface area contributed by atoms with Gasteiger partial charge in [-0.1, -0.05) is 30.0 Å². The molecule has 1 aliphatic heterocycles. The molecule has 6 nitrogen and oxygen atoms in total. The van der Waals surface area contributed by atoms with E-state index in [1.807, 2.05) is 19.9 Å². The van der Waals surface area contributed by atoms with Crippen LogP contribution in [-0.2, 0) is 9.59 Å². The molecular weight excluding hydrogens is 362 g/mol. The molecule has 0 bridgehead atoms. The second-order valence-electron chi connectivity index (χ2n) is 5.05. The van der Waals surface area contributed by atoms with Gasteiger partial charge in [-0.25, -0.2) is 0 Å². The Balaban J connectivity index is 2.22. The first-order valence-corrected chi connectivity index (χ1v) is 9.05. The Bertz CT molecular complexity index is 717. The predicted molar refractivity (Wildman–Crippen MR) is 101 cm³/mol. The first kappa shape index (κ1) is 19.3. The second-order valence-corrected chi connectivity index (χ2v) is 6.73. The smallest absolute Gasteiger partial charge is 0.305 e. The number of carboxylic acid groups (broad SMARTS) is 1. The van der Waals surface area contributed by atoms with E-state index in [0.717, 1.165) is 5.56 Å². The number of rotatable bonds is 8. The van der Waals surface area contributed by atoms with Gasteiger partial charge in [0, 0.05) is 6.54 Å². The van der Waals surface area contributed by atoms with E-state index >= 15 is 0 Å². The summed E-state index contributed by atoms with van der Waals surface area (Å²) in [6.45, 7) is 4.88. The Morgan fingerprint density at radius 2 is 1.96 bits per heavy atom. The van der Waals surface area contributed by atoms with E-state index in [1.54, 1.807) is 18.2 Å². The molecule has 2 rings (SSSR count). The largest absolute Gasteiger partial charge is 0.490 e. The average Bonchev–Trinajstić information content (AvgIpc) is 2.82. The van der Waals surface area contributed by atoms with Crippen LogP contribution in [0.5, 0.6) is 11.5 Å². The topological polar surface area (TPSA) is 76.1 Å². The highest BCUT2D eigenvalue weighted by Crippen LogP contribution is 2.34. The molecule has 0 aromatic heterocycles. The van der Waals surface area contributed by atoms with Crippen LogP contribution in [-0.4, -0.2) is 46.0 Å². The van der Waals surface area contributed by atoms with Crippen LogP contribution in [0.1, 0.15) is 25.8 Å². The number of ether oxygens (including phenoxy) is 2. The number of benzene rings is 1. The molecule has 0 spiro atoms. The maximum Gasteiger partial charge on any atom is 0.305 e. The Morgan fingerprint density at radius 1 is 1.28 bits per heavy atom. The van der Waals surface area contributed by atoms with Crippen molar-refractivity contribution in [1.29, 1.82) is 0 Å². The van der Waals surface area contributed by atoms with Crippen LogP contribution in [0.2, 0.25) is 0 Å².